The Morgan fingerprint density at radius 2 is 1.66 bits per heavy atom. The fraction of sp³-hybridized carbons (Fsp3) is 0.414. The van der Waals surface area contributed by atoms with Crippen molar-refractivity contribution in [2.75, 3.05) is 19.6 Å². The summed E-state index contributed by atoms with van der Waals surface area (Å²) in [6, 6.07) is 17.4. The molecule has 38 heavy (non-hydrogen) atoms. The second-order valence-corrected chi connectivity index (χ2v) is 10.6. The van der Waals surface area contributed by atoms with E-state index in [1.165, 1.54) is 0 Å². The summed E-state index contributed by atoms with van der Waals surface area (Å²) in [7, 11) is 0. The van der Waals surface area contributed by atoms with Gasteiger partial charge in [0.25, 0.3) is 5.56 Å². The van der Waals surface area contributed by atoms with Gasteiger partial charge in [0.2, 0.25) is 0 Å². The largest absolute Gasteiger partial charge is 0.444 e. The Bertz CT molecular complexity index is 1450. The van der Waals surface area contributed by atoms with Crippen LogP contribution in [0.1, 0.15) is 45.5 Å². The number of alkyl carbamates (subject to hydrolysis) is 1. The van der Waals surface area contributed by atoms with Gasteiger partial charge in [0.15, 0.2) is 11.2 Å². The minimum Gasteiger partial charge on any atom is -0.444 e. The van der Waals surface area contributed by atoms with Crippen LogP contribution in [-0.2, 0) is 17.7 Å². The van der Waals surface area contributed by atoms with Gasteiger partial charge in [-0.1, -0.05) is 49.4 Å². The van der Waals surface area contributed by atoms with Crippen molar-refractivity contribution in [1.82, 2.24) is 30.2 Å². The van der Waals surface area contributed by atoms with Crippen LogP contribution in [0.15, 0.2) is 59.4 Å². The van der Waals surface area contributed by atoms with Crippen molar-refractivity contribution >= 4 is 28.3 Å². The number of amides is 1. The average molecular weight is 517 g/mol. The summed E-state index contributed by atoms with van der Waals surface area (Å²) in [6.07, 6.45) is 0.984. The lowest BCUT2D eigenvalue weighted by Gasteiger charge is -2.19. The molecule has 0 saturated carbocycles. The maximum absolute atomic E-state index is 13.6. The molecule has 0 radical (unpaired) electrons. The van der Waals surface area contributed by atoms with E-state index in [9.17, 15) is 9.59 Å². The number of ether oxygens (including phenoxy) is 1. The molecule has 0 spiro atoms. The van der Waals surface area contributed by atoms with Crippen LogP contribution in [0.3, 0.4) is 0 Å². The van der Waals surface area contributed by atoms with Crippen LogP contribution in [-0.4, -0.2) is 50.8 Å². The molecule has 4 rings (SSSR count). The third kappa shape index (κ3) is 7.35. The number of carbonyl (C=O) groups is 1. The maximum atomic E-state index is 13.6. The van der Waals surface area contributed by atoms with E-state index in [0.717, 1.165) is 25.1 Å². The van der Waals surface area contributed by atoms with E-state index in [1.54, 1.807) is 4.57 Å². The molecule has 1 amide bonds. The Kier molecular flexibility index (Phi) is 8.68. The molecule has 0 fully saturated rings. The van der Waals surface area contributed by atoms with E-state index < -0.39 is 11.7 Å². The summed E-state index contributed by atoms with van der Waals surface area (Å²) in [5, 5.41) is 6.21. The molecule has 1 atom stereocenters. The highest BCUT2D eigenvalue weighted by Gasteiger charge is 2.17. The molecule has 2 heterocycles. The predicted octanol–water partition coefficient (Wildman–Crippen LogP) is 4.07. The molecule has 9 nitrogen and oxygen atoms in total. The zero-order valence-corrected chi connectivity index (χ0v) is 22.5. The lowest BCUT2D eigenvalue weighted by Crippen LogP contribution is -2.34. The zero-order chi connectivity index (χ0) is 27.1. The van der Waals surface area contributed by atoms with Gasteiger partial charge < -0.3 is 15.4 Å². The molecule has 0 aliphatic rings. The number of hydrogen-bond donors (Lipinski definition) is 2. The van der Waals surface area contributed by atoms with Gasteiger partial charge in [-0.15, -0.1) is 0 Å². The van der Waals surface area contributed by atoms with Crippen molar-refractivity contribution in [3.05, 3.63) is 76.3 Å². The SMILES string of the molecule is CC(CNCCCNC(=O)OC(C)(C)C)Cc1nc2nc3ccccc3nc2c(=O)n1Cc1ccccc1. The Labute approximate surface area is 222 Å². The third-order valence-electron chi connectivity index (χ3n) is 5.95. The fourth-order valence-electron chi connectivity index (χ4n) is 4.18. The minimum atomic E-state index is -0.505. The monoisotopic (exact) mass is 516 g/mol. The van der Waals surface area contributed by atoms with Crippen LogP contribution in [0.4, 0.5) is 4.79 Å². The summed E-state index contributed by atoms with van der Waals surface area (Å²) in [5.74, 6) is 0.908. The molecule has 0 saturated heterocycles. The van der Waals surface area contributed by atoms with Crippen molar-refractivity contribution < 1.29 is 9.53 Å². The number of nitrogens with one attached hydrogen (secondary N) is 2. The van der Waals surface area contributed by atoms with Crippen molar-refractivity contribution in [3.8, 4) is 0 Å². The Hall–Kier alpha value is -3.85. The maximum Gasteiger partial charge on any atom is 0.407 e. The first kappa shape index (κ1) is 27.2. The van der Waals surface area contributed by atoms with E-state index in [2.05, 4.69) is 27.5 Å². The van der Waals surface area contributed by atoms with Crippen molar-refractivity contribution in [2.45, 2.75) is 52.7 Å². The third-order valence-corrected chi connectivity index (χ3v) is 5.95. The molecule has 0 aliphatic heterocycles. The number of hydrogen-bond acceptors (Lipinski definition) is 7. The van der Waals surface area contributed by atoms with E-state index in [-0.39, 0.29) is 17.0 Å². The summed E-state index contributed by atoms with van der Waals surface area (Å²) in [4.78, 5) is 39.4. The van der Waals surface area contributed by atoms with Crippen molar-refractivity contribution in [1.29, 1.82) is 0 Å². The molecule has 2 aromatic heterocycles. The Morgan fingerprint density at radius 1 is 0.974 bits per heavy atom. The number of nitrogens with zero attached hydrogens (tertiary/aromatic N) is 4. The summed E-state index contributed by atoms with van der Waals surface area (Å²) >= 11 is 0. The molecular weight excluding hydrogens is 480 g/mol. The molecule has 2 aromatic carbocycles. The van der Waals surface area contributed by atoms with Crippen LogP contribution in [0.5, 0.6) is 0 Å². The standard InChI is InChI=1S/C29H36N6O3/c1-20(18-30-15-10-16-31-28(37)38-29(2,3)4)17-24-34-26-25(32-22-13-8-9-14-23(22)33-26)27(36)35(24)19-21-11-6-5-7-12-21/h5-9,11-14,20,30H,10,15-19H2,1-4H3,(H,31,37). The number of carbonyl (C=O) groups excluding carboxylic acids is 1. The smallest absolute Gasteiger partial charge is 0.407 e. The van der Waals surface area contributed by atoms with E-state index in [1.807, 2.05) is 75.4 Å². The normalized spacial score (nSPS) is 12.5. The number of rotatable bonds is 10. The topological polar surface area (TPSA) is 111 Å². The number of para-hydroxylation sites is 2. The number of fused-ring (bicyclic) bond motifs is 2. The predicted molar refractivity (Wildman–Crippen MR) is 149 cm³/mol. The fourth-order valence-corrected chi connectivity index (χ4v) is 4.18. The summed E-state index contributed by atoms with van der Waals surface area (Å²) < 4.78 is 6.98. The quantitative estimate of drug-likeness (QED) is 0.241. The van der Waals surface area contributed by atoms with E-state index in [0.29, 0.717) is 42.0 Å². The first-order valence-electron chi connectivity index (χ1n) is 13.1. The van der Waals surface area contributed by atoms with Gasteiger partial charge in [-0.2, -0.15) is 0 Å². The summed E-state index contributed by atoms with van der Waals surface area (Å²) in [5.41, 5.74) is 2.39. The van der Waals surface area contributed by atoms with Crippen LogP contribution >= 0.6 is 0 Å². The lowest BCUT2D eigenvalue weighted by atomic mass is 10.1. The number of benzene rings is 2. The molecular formula is C29H36N6O3. The van der Waals surface area contributed by atoms with Crippen LogP contribution < -0.4 is 16.2 Å². The van der Waals surface area contributed by atoms with Gasteiger partial charge in [0.1, 0.15) is 11.4 Å². The Morgan fingerprint density at radius 3 is 2.37 bits per heavy atom. The highest BCUT2D eigenvalue weighted by Crippen LogP contribution is 2.15. The highest BCUT2D eigenvalue weighted by molar-refractivity contribution is 5.83. The van der Waals surface area contributed by atoms with Gasteiger partial charge in [-0.25, -0.2) is 19.7 Å². The average Bonchev–Trinajstić information content (AvgIpc) is 2.87. The first-order chi connectivity index (χ1) is 18.2. The van der Waals surface area contributed by atoms with E-state index in [4.69, 9.17) is 9.72 Å². The molecule has 0 bridgehead atoms. The second-order valence-electron chi connectivity index (χ2n) is 10.6. The molecule has 0 aliphatic carbocycles. The molecule has 200 valence electrons. The summed E-state index contributed by atoms with van der Waals surface area (Å²) in [6.45, 7) is 10.1. The van der Waals surface area contributed by atoms with E-state index >= 15 is 0 Å². The van der Waals surface area contributed by atoms with Crippen LogP contribution in [0, 0.1) is 5.92 Å². The molecule has 9 heteroatoms. The Balaban J connectivity index is 1.45. The lowest BCUT2D eigenvalue weighted by molar-refractivity contribution is 0.0527. The highest BCUT2D eigenvalue weighted by atomic mass is 16.6. The molecule has 2 N–H and O–H groups in total. The van der Waals surface area contributed by atoms with Crippen molar-refractivity contribution in [3.63, 3.8) is 0 Å². The van der Waals surface area contributed by atoms with Gasteiger partial charge >= 0.3 is 6.09 Å². The van der Waals surface area contributed by atoms with Crippen LogP contribution in [0.25, 0.3) is 22.2 Å². The molecule has 4 aromatic rings. The van der Waals surface area contributed by atoms with Gasteiger partial charge in [-0.05, 0) is 63.9 Å². The van der Waals surface area contributed by atoms with Gasteiger partial charge in [-0.3, -0.25) is 9.36 Å². The van der Waals surface area contributed by atoms with Gasteiger partial charge in [0.05, 0.1) is 17.6 Å². The number of aromatic nitrogens is 4. The minimum absolute atomic E-state index is 0.180. The zero-order valence-electron chi connectivity index (χ0n) is 22.5. The van der Waals surface area contributed by atoms with Crippen molar-refractivity contribution in [2.24, 2.45) is 5.92 Å². The van der Waals surface area contributed by atoms with Gasteiger partial charge in [0, 0.05) is 13.0 Å². The second kappa shape index (κ2) is 12.1. The molecule has 1 unspecified atom stereocenters. The first-order valence-corrected chi connectivity index (χ1v) is 13.1. The van der Waals surface area contributed by atoms with Crippen LogP contribution in [0.2, 0.25) is 0 Å².